The monoisotopic (exact) mass is 461 g/mol. The molecule has 4 rings (SSSR count). The fourth-order valence-corrected chi connectivity index (χ4v) is 3.96. The molecule has 8 heteroatoms. The summed E-state index contributed by atoms with van der Waals surface area (Å²) in [6.07, 6.45) is 7.39. The topological polar surface area (TPSA) is 84.7 Å². The molecule has 1 aromatic heterocycles. The van der Waals surface area contributed by atoms with Crippen LogP contribution in [0.5, 0.6) is 5.75 Å². The Morgan fingerprint density at radius 3 is 2.50 bits per heavy atom. The van der Waals surface area contributed by atoms with Gasteiger partial charge in [-0.15, -0.1) is 0 Å². The number of aromatic nitrogens is 2. The van der Waals surface area contributed by atoms with Gasteiger partial charge in [-0.1, -0.05) is 24.8 Å². The lowest BCUT2D eigenvalue weighted by molar-refractivity contribution is -0.139. The zero-order valence-electron chi connectivity index (χ0n) is 18.4. The Morgan fingerprint density at radius 2 is 1.85 bits per heavy atom. The quantitative estimate of drug-likeness (QED) is 0.225. The summed E-state index contributed by atoms with van der Waals surface area (Å²) >= 11 is 0. The van der Waals surface area contributed by atoms with Gasteiger partial charge in [-0.05, 0) is 48.4 Å². The number of rotatable bonds is 9. The summed E-state index contributed by atoms with van der Waals surface area (Å²) < 4.78 is 20.8. The molecule has 34 heavy (non-hydrogen) atoms. The van der Waals surface area contributed by atoms with Crippen LogP contribution in [0, 0.1) is 5.82 Å². The molecule has 0 spiro atoms. The van der Waals surface area contributed by atoms with Crippen molar-refractivity contribution < 1.29 is 23.8 Å². The second-order valence-electron chi connectivity index (χ2n) is 7.82. The van der Waals surface area contributed by atoms with Gasteiger partial charge in [-0.2, -0.15) is 0 Å². The summed E-state index contributed by atoms with van der Waals surface area (Å²) in [6.45, 7) is 4.87. The van der Waals surface area contributed by atoms with E-state index in [-0.39, 0.29) is 16.9 Å². The van der Waals surface area contributed by atoms with Crippen molar-refractivity contribution in [3.63, 3.8) is 0 Å². The molecule has 1 atom stereocenters. The number of hydrogen-bond acceptors (Lipinski definition) is 5. The minimum Gasteiger partial charge on any atom is -0.507 e. The summed E-state index contributed by atoms with van der Waals surface area (Å²) in [5.41, 5.74) is 0.879. The van der Waals surface area contributed by atoms with Crippen LogP contribution in [0.4, 0.5) is 4.39 Å². The van der Waals surface area contributed by atoms with Gasteiger partial charge in [-0.3, -0.25) is 9.59 Å². The van der Waals surface area contributed by atoms with Crippen LogP contribution >= 0.6 is 0 Å². The van der Waals surface area contributed by atoms with Gasteiger partial charge in [0.2, 0.25) is 0 Å². The average molecular weight is 461 g/mol. The molecular weight excluding hydrogens is 437 g/mol. The van der Waals surface area contributed by atoms with Crippen LogP contribution in [0.2, 0.25) is 0 Å². The van der Waals surface area contributed by atoms with Crippen molar-refractivity contribution >= 4 is 17.4 Å². The number of aliphatic hydroxyl groups is 1. The standard InChI is InChI=1S/C26H24FN3O4/c1-2-16-34-21-10-6-18(7-11-21)23-22(24(31)19-4-8-20(27)9-5-19)25(32)26(33)30(23)14-3-13-29-15-12-28-17-29/h2,4-12,15,17,23,31H,1,3,13-14,16H2/b24-22+. The number of halogens is 1. The fraction of sp³-hybridized carbons (Fsp3) is 0.192. The predicted octanol–water partition coefficient (Wildman–Crippen LogP) is 4.10. The van der Waals surface area contributed by atoms with Gasteiger partial charge in [0, 0.05) is 31.0 Å². The number of Topliss-reactive ketones (excluding diaryl/α,β-unsaturated/α-hetero) is 1. The van der Waals surface area contributed by atoms with E-state index >= 15 is 0 Å². The van der Waals surface area contributed by atoms with Gasteiger partial charge in [0.15, 0.2) is 0 Å². The average Bonchev–Trinajstić information content (AvgIpc) is 3.45. The van der Waals surface area contributed by atoms with Crippen molar-refractivity contribution in [3.8, 4) is 5.75 Å². The van der Waals surface area contributed by atoms with Crippen molar-refractivity contribution in [1.82, 2.24) is 14.5 Å². The smallest absolute Gasteiger partial charge is 0.295 e. The molecule has 1 N–H and O–H groups in total. The molecule has 1 aliphatic rings. The van der Waals surface area contributed by atoms with E-state index in [1.54, 1.807) is 42.9 Å². The molecule has 1 amide bonds. The van der Waals surface area contributed by atoms with Crippen LogP contribution in [0.1, 0.15) is 23.6 Å². The zero-order valence-corrected chi connectivity index (χ0v) is 18.4. The Balaban J connectivity index is 1.70. The second kappa shape index (κ2) is 10.2. The maximum atomic E-state index is 13.4. The lowest BCUT2D eigenvalue weighted by Crippen LogP contribution is -2.31. The molecule has 0 saturated carbocycles. The van der Waals surface area contributed by atoms with E-state index in [4.69, 9.17) is 4.74 Å². The Labute approximate surface area is 196 Å². The SMILES string of the molecule is C=CCOc1ccc(C2/C(=C(\O)c3ccc(F)cc3)C(=O)C(=O)N2CCCn2ccnc2)cc1. The van der Waals surface area contributed by atoms with Crippen LogP contribution in [0.25, 0.3) is 5.76 Å². The van der Waals surface area contributed by atoms with E-state index in [1.165, 1.54) is 29.2 Å². The molecule has 0 bridgehead atoms. The van der Waals surface area contributed by atoms with Crippen molar-refractivity contribution in [3.05, 3.63) is 102 Å². The third kappa shape index (κ3) is 4.76. The highest BCUT2D eigenvalue weighted by molar-refractivity contribution is 6.46. The summed E-state index contributed by atoms with van der Waals surface area (Å²) in [7, 11) is 0. The minimum atomic E-state index is -0.790. The van der Waals surface area contributed by atoms with Crippen molar-refractivity contribution in [1.29, 1.82) is 0 Å². The molecule has 174 valence electrons. The second-order valence-corrected chi connectivity index (χ2v) is 7.82. The first-order chi connectivity index (χ1) is 16.5. The lowest BCUT2D eigenvalue weighted by Gasteiger charge is -2.25. The molecule has 1 saturated heterocycles. The van der Waals surface area contributed by atoms with Gasteiger partial charge in [0.1, 0.15) is 23.9 Å². The number of carbonyl (C=O) groups excluding carboxylic acids is 2. The van der Waals surface area contributed by atoms with Crippen molar-refractivity contribution in [2.45, 2.75) is 19.0 Å². The number of benzene rings is 2. The number of aliphatic hydroxyl groups excluding tert-OH is 1. The summed E-state index contributed by atoms with van der Waals surface area (Å²) in [5.74, 6) is -1.66. The van der Waals surface area contributed by atoms with E-state index in [9.17, 15) is 19.1 Å². The number of ether oxygens (including phenoxy) is 1. The summed E-state index contributed by atoms with van der Waals surface area (Å²) in [6, 6.07) is 11.3. The van der Waals surface area contributed by atoms with Gasteiger partial charge >= 0.3 is 0 Å². The first kappa shape index (κ1) is 23.0. The van der Waals surface area contributed by atoms with Crippen molar-refractivity contribution in [2.24, 2.45) is 0 Å². The number of amides is 1. The number of carbonyl (C=O) groups is 2. The molecule has 1 unspecified atom stereocenters. The van der Waals surface area contributed by atoms with Crippen LogP contribution in [-0.4, -0.2) is 44.4 Å². The maximum absolute atomic E-state index is 13.4. The number of likely N-dealkylation sites (tertiary alicyclic amines) is 1. The van der Waals surface area contributed by atoms with E-state index in [2.05, 4.69) is 11.6 Å². The highest BCUT2D eigenvalue weighted by Gasteiger charge is 2.45. The van der Waals surface area contributed by atoms with E-state index in [0.717, 1.165) is 0 Å². The van der Waals surface area contributed by atoms with Gasteiger partial charge in [-0.25, -0.2) is 9.37 Å². The Morgan fingerprint density at radius 1 is 1.12 bits per heavy atom. The third-order valence-electron chi connectivity index (χ3n) is 5.60. The number of imidazole rings is 1. The minimum absolute atomic E-state index is 0.0287. The molecule has 2 heterocycles. The van der Waals surface area contributed by atoms with Crippen LogP contribution in [0.3, 0.4) is 0 Å². The molecule has 3 aromatic rings. The Bertz CT molecular complexity index is 1200. The van der Waals surface area contributed by atoms with Crippen molar-refractivity contribution in [2.75, 3.05) is 13.2 Å². The van der Waals surface area contributed by atoms with E-state index in [0.29, 0.717) is 37.4 Å². The maximum Gasteiger partial charge on any atom is 0.295 e. The van der Waals surface area contributed by atoms with Gasteiger partial charge in [0.25, 0.3) is 11.7 Å². The Hall–Kier alpha value is -4.20. The third-order valence-corrected chi connectivity index (χ3v) is 5.60. The number of nitrogens with zero attached hydrogens (tertiary/aromatic N) is 3. The first-order valence-corrected chi connectivity index (χ1v) is 10.8. The normalized spacial score (nSPS) is 17.2. The summed E-state index contributed by atoms with van der Waals surface area (Å²) in [4.78, 5) is 31.5. The van der Waals surface area contributed by atoms with Crippen LogP contribution in [-0.2, 0) is 16.1 Å². The number of hydrogen-bond donors (Lipinski definition) is 1. The molecule has 2 aromatic carbocycles. The first-order valence-electron chi connectivity index (χ1n) is 10.8. The number of aryl methyl sites for hydroxylation is 1. The molecular formula is C26H24FN3O4. The zero-order chi connectivity index (χ0) is 24.1. The number of ketones is 1. The predicted molar refractivity (Wildman–Crippen MR) is 124 cm³/mol. The van der Waals surface area contributed by atoms with Gasteiger partial charge < -0.3 is 19.3 Å². The largest absolute Gasteiger partial charge is 0.507 e. The molecule has 1 fully saturated rings. The molecule has 0 radical (unpaired) electrons. The van der Waals surface area contributed by atoms with Gasteiger partial charge in [0.05, 0.1) is 17.9 Å². The molecule has 1 aliphatic heterocycles. The molecule has 7 nitrogen and oxygen atoms in total. The van der Waals surface area contributed by atoms with Crippen LogP contribution < -0.4 is 4.74 Å². The van der Waals surface area contributed by atoms with E-state index in [1.807, 2.05) is 10.8 Å². The highest BCUT2D eigenvalue weighted by Crippen LogP contribution is 2.40. The fourth-order valence-electron chi connectivity index (χ4n) is 3.96. The van der Waals surface area contributed by atoms with E-state index < -0.39 is 23.5 Å². The Kier molecular flexibility index (Phi) is 6.87. The molecule has 0 aliphatic carbocycles. The highest BCUT2D eigenvalue weighted by atomic mass is 19.1. The lowest BCUT2D eigenvalue weighted by atomic mass is 9.95. The summed E-state index contributed by atoms with van der Waals surface area (Å²) in [5, 5.41) is 11.0. The van der Waals surface area contributed by atoms with Crippen LogP contribution in [0.15, 0.2) is 85.5 Å².